The van der Waals surface area contributed by atoms with Gasteiger partial charge in [-0.15, -0.1) is 0 Å². The van der Waals surface area contributed by atoms with Crippen LogP contribution >= 0.6 is 0 Å². The molecule has 0 aliphatic heterocycles. The van der Waals surface area contributed by atoms with Crippen molar-refractivity contribution < 1.29 is 66.7 Å². The second kappa shape index (κ2) is 67.1. The van der Waals surface area contributed by atoms with Crippen molar-refractivity contribution in [1.29, 1.82) is 0 Å². The summed E-state index contributed by atoms with van der Waals surface area (Å²) in [6.07, 6.45) is 27.0. The molecule has 3 saturated carbocycles. The maximum atomic E-state index is 9.82. The Balaban J connectivity index is -0.000000104. The highest BCUT2D eigenvalue weighted by Gasteiger charge is 1.97. The van der Waals surface area contributed by atoms with Crippen LogP contribution in [0.5, 0.6) is 0 Å². The first kappa shape index (κ1) is 70.8. The molecule has 0 aromatic heterocycles. The van der Waals surface area contributed by atoms with Crippen LogP contribution < -0.4 is 0 Å². The van der Waals surface area contributed by atoms with Gasteiger partial charge in [-0.3, -0.25) is 33.6 Å². The molecule has 0 atom stereocenters. The third kappa shape index (κ3) is 124. The lowest BCUT2D eigenvalue weighted by atomic mass is 10.0. The number of esters is 7. The Hall–Kier alpha value is -3.71. The van der Waals surface area contributed by atoms with E-state index in [0.29, 0.717) is 46.2 Å². The van der Waals surface area contributed by atoms with Crippen LogP contribution in [0.3, 0.4) is 0 Å². The van der Waals surface area contributed by atoms with E-state index in [9.17, 15) is 33.6 Å². The summed E-state index contributed by atoms with van der Waals surface area (Å²) in [6.45, 7) is 25.6. The van der Waals surface area contributed by atoms with E-state index in [-0.39, 0.29) is 41.8 Å². The van der Waals surface area contributed by atoms with Crippen LogP contribution in [-0.4, -0.2) is 88.0 Å². The van der Waals surface area contributed by atoms with Gasteiger partial charge in [-0.05, 0) is 48.5 Å². The Labute approximate surface area is 366 Å². The quantitative estimate of drug-likeness (QED) is 0.174. The van der Waals surface area contributed by atoms with Crippen molar-refractivity contribution in [2.45, 2.75) is 213 Å². The zero-order valence-electron chi connectivity index (χ0n) is 40.9. The van der Waals surface area contributed by atoms with Crippen LogP contribution in [0, 0.1) is 0 Å². The minimum Gasteiger partial charge on any atom is -0.466 e. The molecular weight excluding hydrogens is 776 g/mol. The highest BCUT2D eigenvalue weighted by molar-refractivity contribution is 5.67. The van der Waals surface area contributed by atoms with Gasteiger partial charge in [-0.1, -0.05) is 116 Å². The Morgan fingerprint density at radius 3 is 0.300 bits per heavy atom. The lowest BCUT2D eigenvalue weighted by molar-refractivity contribution is -0.141. The van der Waals surface area contributed by atoms with Crippen molar-refractivity contribution in [3.05, 3.63) is 0 Å². The van der Waals surface area contributed by atoms with Gasteiger partial charge in [0, 0.05) is 48.5 Å². The van der Waals surface area contributed by atoms with E-state index in [2.05, 4.69) is 33.2 Å². The maximum Gasteiger partial charge on any atom is 0.302 e. The van der Waals surface area contributed by atoms with E-state index in [0.717, 1.165) is 0 Å². The normalized spacial score (nSPS) is 12.6. The van der Waals surface area contributed by atoms with E-state index >= 15 is 0 Å². The number of carbonyl (C=O) groups excluding carboxylic acids is 7. The molecule has 3 aliphatic rings. The standard InChI is InChI=1S/3C6H12.7C4H8O2/c3*1-2-4-6-5-3-1;7*1-3-6-4(2)5/h3*1-6H2;7*3H2,1-2H3. The zero-order valence-corrected chi connectivity index (χ0v) is 40.9. The average molecular weight is 869 g/mol. The fourth-order valence-corrected chi connectivity index (χ4v) is 4.60. The van der Waals surface area contributed by atoms with Crippen molar-refractivity contribution >= 4 is 41.8 Å². The van der Waals surface area contributed by atoms with Crippen LogP contribution in [-0.2, 0) is 66.7 Å². The molecule has 0 heterocycles. The Morgan fingerprint density at radius 1 is 0.217 bits per heavy atom. The first-order chi connectivity index (χ1) is 28.4. The summed E-state index contributed by atoms with van der Waals surface area (Å²) in [5.74, 6) is -1.47. The maximum absolute atomic E-state index is 9.82. The first-order valence-corrected chi connectivity index (χ1v) is 22.3. The van der Waals surface area contributed by atoms with Gasteiger partial charge < -0.3 is 33.2 Å². The van der Waals surface area contributed by atoms with E-state index < -0.39 is 0 Å². The van der Waals surface area contributed by atoms with Crippen molar-refractivity contribution in [3.8, 4) is 0 Å². The lowest BCUT2D eigenvalue weighted by Gasteiger charge is -2.05. The van der Waals surface area contributed by atoms with Gasteiger partial charge in [0.25, 0.3) is 0 Å². The second-order valence-electron chi connectivity index (χ2n) is 12.8. The minimum absolute atomic E-state index is 0.211. The summed E-state index contributed by atoms with van der Waals surface area (Å²) >= 11 is 0. The molecule has 14 nitrogen and oxygen atoms in total. The van der Waals surface area contributed by atoms with Crippen LogP contribution in [0.1, 0.15) is 213 Å². The molecule has 0 spiro atoms. The van der Waals surface area contributed by atoms with Crippen LogP contribution in [0.4, 0.5) is 0 Å². The predicted octanol–water partition coefficient (Wildman–Crippen LogP) is 11.0. The second-order valence-corrected chi connectivity index (χ2v) is 12.8. The largest absolute Gasteiger partial charge is 0.466 e. The van der Waals surface area contributed by atoms with Gasteiger partial charge in [0.2, 0.25) is 0 Å². The van der Waals surface area contributed by atoms with Crippen molar-refractivity contribution in [2.75, 3.05) is 46.2 Å². The SMILES string of the molecule is C1CCCCC1.C1CCCCC1.C1CCCCC1.CCOC(C)=O.CCOC(C)=O.CCOC(C)=O.CCOC(C)=O.CCOC(C)=O.CCOC(C)=O.CCOC(C)=O. The fraction of sp³-hybridized carbons (Fsp3) is 0.848. The summed E-state index contributed by atoms with van der Waals surface area (Å²) in [7, 11) is 0. The topological polar surface area (TPSA) is 184 Å². The average Bonchev–Trinajstić information content (AvgIpc) is 3.19. The van der Waals surface area contributed by atoms with E-state index in [1.165, 1.54) is 164 Å². The molecule has 0 radical (unpaired) electrons. The van der Waals surface area contributed by atoms with Gasteiger partial charge in [0.15, 0.2) is 0 Å². The smallest absolute Gasteiger partial charge is 0.302 e. The molecule has 360 valence electrons. The molecule has 3 aliphatic carbocycles. The third-order valence-electron chi connectivity index (χ3n) is 6.93. The molecule has 60 heavy (non-hydrogen) atoms. The number of hydrogen-bond donors (Lipinski definition) is 0. The molecule has 0 N–H and O–H groups in total. The summed E-state index contributed by atoms with van der Waals surface area (Å²) in [5, 5.41) is 0. The number of carbonyl (C=O) groups is 7. The molecule has 0 bridgehead atoms. The monoisotopic (exact) mass is 869 g/mol. The molecule has 0 aromatic carbocycles. The van der Waals surface area contributed by atoms with Gasteiger partial charge in [-0.2, -0.15) is 0 Å². The van der Waals surface area contributed by atoms with Gasteiger partial charge >= 0.3 is 41.8 Å². The Bertz CT molecular complexity index is 706. The number of hydrogen-bond acceptors (Lipinski definition) is 14. The zero-order chi connectivity index (χ0) is 47.7. The van der Waals surface area contributed by atoms with Crippen molar-refractivity contribution in [3.63, 3.8) is 0 Å². The molecule has 0 aromatic rings. The van der Waals surface area contributed by atoms with Crippen LogP contribution in [0.2, 0.25) is 0 Å². The van der Waals surface area contributed by atoms with E-state index in [1.54, 1.807) is 48.5 Å². The van der Waals surface area contributed by atoms with Crippen LogP contribution in [0.15, 0.2) is 0 Å². The summed E-state index contributed by atoms with van der Waals surface area (Å²) < 4.78 is 30.8. The molecular formula is C46H92O14. The molecule has 14 heteroatoms. The first-order valence-electron chi connectivity index (χ1n) is 22.3. The van der Waals surface area contributed by atoms with E-state index in [4.69, 9.17) is 0 Å². The van der Waals surface area contributed by atoms with Crippen molar-refractivity contribution in [2.24, 2.45) is 0 Å². The minimum atomic E-state index is -0.211. The van der Waals surface area contributed by atoms with Gasteiger partial charge in [-0.25, -0.2) is 0 Å². The predicted molar refractivity (Wildman–Crippen MR) is 239 cm³/mol. The lowest BCUT2D eigenvalue weighted by Crippen LogP contribution is -1.95. The molecule has 0 unspecified atom stereocenters. The Morgan fingerprint density at radius 2 is 0.283 bits per heavy atom. The molecule has 3 fully saturated rings. The summed E-state index contributed by atoms with van der Waals surface area (Å²) in [4.78, 5) is 68.8. The van der Waals surface area contributed by atoms with Crippen LogP contribution in [0.25, 0.3) is 0 Å². The number of ether oxygens (including phenoxy) is 7. The summed E-state index contributed by atoms with van der Waals surface area (Å²) in [5.41, 5.74) is 0. The molecule has 0 saturated heterocycles. The highest BCUT2D eigenvalue weighted by Crippen LogP contribution is 2.16. The third-order valence-corrected chi connectivity index (χ3v) is 6.93. The van der Waals surface area contributed by atoms with Gasteiger partial charge in [0.05, 0.1) is 46.2 Å². The summed E-state index contributed by atoms with van der Waals surface area (Å²) in [6, 6.07) is 0. The number of rotatable bonds is 7. The fourth-order valence-electron chi connectivity index (χ4n) is 4.60. The molecule has 0 amide bonds. The van der Waals surface area contributed by atoms with Crippen molar-refractivity contribution in [1.82, 2.24) is 0 Å². The molecule has 3 rings (SSSR count). The Kier molecular flexibility index (Phi) is 79.2. The van der Waals surface area contributed by atoms with Gasteiger partial charge in [0.1, 0.15) is 0 Å². The highest BCUT2D eigenvalue weighted by atomic mass is 16.6. The van der Waals surface area contributed by atoms with E-state index in [1.807, 2.05) is 0 Å².